The Morgan fingerprint density at radius 2 is 1.57 bits per heavy atom. The van der Waals surface area contributed by atoms with E-state index < -0.39 is 12.6 Å². The van der Waals surface area contributed by atoms with Crippen LogP contribution in [0.15, 0.2) is 30.3 Å². The number of alkyl halides is 3. The fourth-order valence-electron chi connectivity index (χ4n) is 2.23. The van der Waals surface area contributed by atoms with Gasteiger partial charge in [0.25, 0.3) is 0 Å². The van der Waals surface area contributed by atoms with Crippen LogP contribution in [0.5, 0.6) is 0 Å². The zero-order chi connectivity index (χ0) is 17.0. The molecule has 0 unspecified atom stereocenters. The average Bonchev–Trinajstić information content (AvgIpc) is 2.51. The highest BCUT2D eigenvalue weighted by Crippen LogP contribution is 2.22. The molecule has 23 heavy (non-hydrogen) atoms. The fraction of sp³-hybridized carbons (Fsp3) is 0.611. The Balaban J connectivity index is 1.87. The number of carbonyl (C=O) groups is 1. The van der Waals surface area contributed by atoms with Gasteiger partial charge in [0.05, 0.1) is 13.0 Å². The van der Waals surface area contributed by atoms with Crippen molar-refractivity contribution in [1.82, 2.24) is 0 Å². The van der Waals surface area contributed by atoms with Crippen molar-refractivity contribution in [1.29, 1.82) is 0 Å². The molecule has 1 aromatic carbocycles. The number of rotatable bonds is 12. The molecule has 0 bridgehead atoms. The lowest BCUT2D eigenvalue weighted by Crippen LogP contribution is -2.10. The zero-order valence-corrected chi connectivity index (χ0v) is 13.4. The van der Waals surface area contributed by atoms with Gasteiger partial charge >= 0.3 is 6.18 Å². The van der Waals surface area contributed by atoms with E-state index in [-0.39, 0.29) is 18.6 Å². The highest BCUT2D eigenvalue weighted by atomic mass is 19.4. The van der Waals surface area contributed by atoms with Crippen LogP contribution in [-0.2, 0) is 16.1 Å². The van der Waals surface area contributed by atoms with Crippen molar-refractivity contribution in [2.75, 3.05) is 6.61 Å². The van der Waals surface area contributed by atoms with Crippen LogP contribution in [0.3, 0.4) is 0 Å². The molecule has 0 N–H and O–H groups in total. The number of hydrogen-bond acceptors (Lipinski definition) is 2. The van der Waals surface area contributed by atoms with Gasteiger partial charge in [0.2, 0.25) is 0 Å². The summed E-state index contributed by atoms with van der Waals surface area (Å²) in [4.78, 5) is 11.3. The van der Waals surface area contributed by atoms with Gasteiger partial charge in [-0.15, -0.1) is 0 Å². The van der Waals surface area contributed by atoms with Crippen molar-refractivity contribution in [2.24, 2.45) is 0 Å². The molecule has 0 aromatic heterocycles. The van der Waals surface area contributed by atoms with Gasteiger partial charge in [-0.2, -0.15) is 13.2 Å². The van der Waals surface area contributed by atoms with Crippen LogP contribution in [0.1, 0.15) is 56.9 Å². The third kappa shape index (κ3) is 11.8. The Hall–Kier alpha value is -1.36. The SMILES string of the molecule is O=C(CCCCCCCOCc1ccccc1)CCC(F)(F)F. The number of halogens is 3. The summed E-state index contributed by atoms with van der Waals surface area (Å²) in [7, 11) is 0. The maximum absolute atomic E-state index is 12.0. The second-order valence-electron chi connectivity index (χ2n) is 5.71. The number of Topliss-reactive ketones (excluding diaryl/α,β-unsaturated/α-hetero) is 1. The van der Waals surface area contributed by atoms with Gasteiger partial charge in [-0.1, -0.05) is 49.6 Å². The van der Waals surface area contributed by atoms with Gasteiger partial charge < -0.3 is 4.74 Å². The number of carbonyl (C=O) groups excluding carboxylic acids is 1. The van der Waals surface area contributed by atoms with E-state index in [4.69, 9.17) is 4.74 Å². The third-order valence-corrected chi connectivity index (χ3v) is 3.54. The van der Waals surface area contributed by atoms with Crippen LogP contribution in [0.2, 0.25) is 0 Å². The number of ether oxygens (including phenoxy) is 1. The Morgan fingerprint density at radius 1 is 0.913 bits per heavy atom. The molecule has 0 spiro atoms. The lowest BCUT2D eigenvalue weighted by Gasteiger charge is -2.06. The first-order chi connectivity index (χ1) is 11.0. The molecule has 0 atom stereocenters. The molecule has 0 aliphatic rings. The quantitative estimate of drug-likeness (QED) is 0.476. The number of hydrogen-bond donors (Lipinski definition) is 0. The summed E-state index contributed by atoms with van der Waals surface area (Å²) in [5, 5.41) is 0. The van der Waals surface area contributed by atoms with Crippen LogP contribution in [-0.4, -0.2) is 18.6 Å². The van der Waals surface area contributed by atoms with Gasteiger partial charge in [0.15, 0.2) is 0 Å². The Labute approximate surface area is 136 Å². The Morgan fingerprint density at radius 3 is 2.26 bits per heavy atom. The van der Waals surface area contributed by atoms with E-state index in [0.717, 1.165) is 31.2 Å². The molecule has 2 nitrogen and oxygen atoms in total. The molecule has 5 heteroatoms. The topological polar surface area (TPSA) is 26.3 Å². The number of ketones is 1. The molecule has 0 saturated heterocycles. The van der Waals surface area contributed by atoms with Crippen LogP contribution < -0.4 is 0 Å². The largest absolute Gasteiger partial charge is 0.389 e. The highest BCUT2D eigenvalue weighted by Gasteiger charge is 2.27. The van der Waals surface area contributed by atoms with E-state index in [9.17, 15) is 18.0 Å². The summed E-state index contributed by atoms with van der Waals surface area (Å²) >= 11 is 0. The van der Waals surface area contributed by atoms with Crippen LogP contribution in [0.25, 0.3) is 0 Å². The Bertz CT molecular complexity index is 430. The van der Waals surface area contributed by atoms with Gasteiger partial charge in [0, 0.05) is 19.4 Å². The van der Waals surface area contributed by atoms with Crippen LogP contribution in [0, 0.1) is 0 Å². The van der Waals surface area contributed by atoms with Crippen molar-refractivity contribution < 1.29 is 22.7 Å². The molecule has 1 rings (SSSR count). The summed E-state index contributed by atoms with van der Waals surface area (Å²) in [6, 6.07) is 9.98. The molecule has 0 amide bonds. The minimum atomic E-state index is -4.23. The summed E-state index contributed by atoms with van der Waals surface area (Å²) < 4.78 is 41.4. The lowest BCUT2D eigenvalue weighted by molar-refractivity contribution is -0.143. The first-order valence-electron chi connectivity index (χ1n) is 8.17. The zero-order valence-electron chi connectivity index (χ0n) is 13.4. The maximum Gasteiger partial charge on any atom is 0.389 e. The molecule has 130 valence electrons. The molecular weight excluding hydrogens is 305 g/mol. The lowest BCUT2D eigenvalue weighted by atomic mass is 10.1. The highest BCUT2D eigenvalue weighted by molar-refractivity contribution is 5.78. The van der Waals surface area contributed by atoms with Crippen molar-refractivity contribution >= 4 is 5.78 Å². The molecule has 0 aliphatic carbocycles. The smallest absolute Gasteiger partial charge is 0.377 e. The molecule has 1 aromatic rings. The van der Waals surface area contributed by atoms with Crippen molar-refractivity contribution in [3.63, 3.8) is 0 Å². The Kier molecular flexibility index (Phi) is 9.60. The van der Waals surface area contributed by atoms with Gasteiger partial charge in [-0.3, -0.25) is 4.79 Å². The normalized spacial score (nSPS) is 11.6. The minimum absolute atomic E-state index is 0.264. The number of unbranched alkanes of at least 4 members (excludes halogenated alkanes) is 4. The molecule has 0 saturated carbocycles. The summed E-state index contributed by atoms with van der Waals surface area (Å²) in [5.74, 6) is -0.284. The van der Waals surface area contributed by atoms with Gasteiger partial charge in [-0.25, -0.2) is 0 Å². The summed E-state index contributed by atoms with van der Waals surface area (Å²) in [6.07, 6.45) is -0.795. The molecule has 0 heterocycles. The van der Waals surface area contributed by atoms with E-state index >= 15 is 0 Å². The molecule has 0 fully saturated rings. The monoisotopic (exact) mass is 330 g/mol. The van der Waals surface area contributed by atoms with Gasteiger partial charge in [-0.05, 0) is 18.4 Å². The second kappa shape index (κ2) is 11.2. The van der Waals surface area contributed by atoms with Crippen LogP contribution >= 0.6 is 0 Å². The fourth-order valence-corrected chi connectivity index (χ4v) is 2.23. The molecular formula is C18H25F3O2. The van der Waals surface area contributed by atoms with Crippen molar-refractivity contribution in [2.45, 2.75) is 64.1 Å². The van der Waals surface area contributed by atoms with E-state index in [1.165, 1.54) is 0 Å². The minimum Gasteiger partial charge on any atom is -0.377 e. The number of benzene rings is 1. The maximum atomic E-state index is 12.0. The van der Waals surface area contributed by atoms with E-state index in [0.29, 0.717) is 19.6 Å². The predicted octanol–water partition coefficient (Wildman–Crippen LogP) is 5.46. The first kappa shape index (κ1) is 19.7. The predicted molar refractivity (Wildman–Crippen MR) is 84.1 cm³/mol. The average molecular weight is 330 g/mol. The van der Waals surface area contributed by atoms with Gasteiger partial charge in [0.1, 0.15) is 5.78 Å². The second-order valence-corrected chi connectivity index (χ2v) is 5.71. The summed E-state index contributed by atoms with van der Waals surface area (Å²) in [6.45, 7) is 1.33. The van der Waals surface area contributed by atoms with E-state index in [1.807, 2.05) is 30.3 Å². The van der Waals surface area contributed by atoms with Crippen LogP contribution in [0.4, 0.5) is 13.2 Å². The standard InChI is InChI=1S/C18H25F3O2/c19-18(20,21)13-12-17(22)11-7-2-1-3-8-14-23-15-16-9-5-4-6-10-16/h4-6,9-10H,1-3,7-8,11-15H2. The van der Waals surface area contributed by atoms with Crippen molar-refractivity contribution in [3.8, 4) is 0 Å². The third-order valence-electron chi connectivity index (χ3n) is 3.54. The molecule has 0 aliphatic heterocycles. The first-order valence-corrected chi connectivity index (χ1v) is 8.17. The van der Waals surface area contributed by atoms with E-state index in [1.54, 1.807) is 0 Å². The molecule has 0 radical (unpaired) electrons. The summed E-state index contributed by atoms with van der Waals surface area (Å²) in [5.41, 5.74) is 1.16. The van der Waals surface area contributed by atoms with Crippen molar-refractivity contribution in [3.05, 3.63) is 35.9 Å². The van der Waals surface area contributed by atoms with E-state index in [2.05, 4.69) is 0 Å².